The summed E-state index contributed by atoms with van der Waals surface area (Å²) in [5.41, 5.74) is 2.25. The zero-order chi connectivity index (χ0) is 23.3. The number of nitrogens with one attached hydrogen (secondary N) is 1. The molecule has 0 saturated heterocycles. The van der Waals surface area contributed by atoms with E-state index in [1.165, 1.54) is 14.0 Å². The Labute approximate surface area is 185 Å². The van der Waals surface area contributed by atoms with Gasteiger partial charge in [-0.25, -0.2) is 4.79 Å². The first-order valence-corrected chi connectivity index (χ1v) is 10.1. The number of nitro groups is 1. The van der Waals surface area contributed by atoms with Crippen LogP contribution in [0.3, 0.4) is 0 Å². The van der Waals surface area contributed by atoms with Crippen LogP contribution in [0.25, 0.3) is 11.3 Å². The molecule has 1 atom stereocenters. The van der Waals surface area contributed by atoms with Gasteiger partial charge in [-0.2, -0.15) is 0 Å². The Balaban J connectivity index is 1.97. The summed E-state index contributed by atoms with van der Waals surface area (Å²) < 4.78 is 6.44. The normalized spacial score (nSPS) is 11.6. The van der Waals surface area contributed by atoms with Gasteiger partial charge in [0.1, 0.15) is 6.04 Å². The second-order valence-corrected chi connectivity index (χ2v) is 7.18. The highest BCUT2D eigenvalue weighted by Crippen LogP contribution is 2.32. The number of rotatable bonds is 8. The molecule has 9 heteroatoms. The molecule has 1 N–H and O–H groups in total. The zero-order valence-corrected chi connectivity index (χ0v) is 18.1. The molecule has 1 heterocycles. The van der Waals surface area contributed by atoms with Crippen LogP contribution >= 0.6 is 0 Å². The maximum atomic E-state index is 12.4. The fraction of sp³-hybridized carbons (Fsp3) is 0.261. The summed E-state index contributed by atoms with van der Waals surface area (Å²) in [6.45, 7) is 3.85. The quantitative estimate of drug-likeness (QED) is 0.329. The van der Waals surface area contributed by atoms with Crippen LogP contribution < -0.4 is 5.32 Å². The van der Waals surface area contributed by atoms with Gasteiger partial charge in [-0.3, -0.25) is 9.36 Å². The number of carbonyl (C=O) groups is 2. The lowest BCUT2D eigenvalue weighted by Gasteiger charge is -2.12. The number of nitrogens with zero attached hydrogens (tertiary/aromatic N) is 3. The van der Waals surface area contributed by atoms with Crippen molar-refractivity contribution >= 4 is 17.7 Å². The molecule has 0 radical (unpaired) electrons. The Morgan fingerprint density at radius 3 is 2.38 bits per heavy atom. The van der Waals surface area contributed by atoms with Crippen molar-refractivity contribution in [2.24, 2.45) is 0 Å². The van der Waals surface area contributed by atoms with Crippen LogP contribution in [-0.4, -0.2) is 39.5 Å². The molecule has 2 aromatic carbocycles. The molecule has 0 bridgehead atoms. The standard InChI is InChI=1S/C23H24N4O5/c1-4-19-25-21(27(30)31)20(26(19)14-16-8-6-5-7-9-16)17-10-12-18(13-11-17)22(28)24-15(2)23(29)32-3/h5-13,15H,4,14H2,1-3H3,(H,24,28)/t15-/m0/s1. The number of methoxy groups -OCH3 is 1. The lowest BCUT2D eigenvalue weighted by molar-refractivity contribution is -0.388. The van der Waals surface area contributed by atoms with Gasteiger partial charge in [0.15, 0.2) is 5.69 Å². The van der Waals surface area contributed by atoms with E-state index in [1.54, 1.807) is 24.3 Å². The number of hydrogen-bond acceptors (Lipinski definition) is 6. The number of carbonyl (C=O) groups excluding carboxylic acids is 2. The number of esters is 1. The molecule has 0 aliphatic carbocycles. The van der Waals surface area contributed by atoms with Crippen LogP contribution in [0.15, 0.2) is 54.6 Å². The summed E-state index contributed by atoms with van der Waals surface area (Å²) in [7, 11) is 1.25. The number of imidazole rings is 1. The van der Waals surface area contributed by atoms with Gasteiger partial charge in [0.05, 0.1) is 13.7 Å². The van der Waals surface area contributed by atoms with Gasteiger partial charge in [-0.1, -0.05) is 49.4 Å². The Bertz CT molecular complexity index is 1120. The molecule has 166 valence electrons. The first kappa shape index (κ1) is 22.7. The van der Waals surface area contributed by atoms with Crippen LogP contribution in [0.1, 0.15) is 35.6 Å². The van der Waals surface area contributed by atoms with Gasteiger partial charge in [-0.05, 0) is 34.5 Å². The minimum atomic E-state index is -0.798. The van der Waals surface area contributed by atoms with E-state index in [0.29, 0.717) is 35.6 Å². The number of aryl methyl sites for hydroxylation is 1. The fourth-order valence-electron chi connectivity index (χ4n) is 3.40. The van der Waals surface area contributed by atoms with Crippen LogP contribution in [0.4, 0.5) is 5.82 Å². The molecule has 0 unspecified atom stereocenters. The van der Waals surface area contributed by atoms with E-state index in [-0.39, 0.29) is 5.82 Å². The van der Waals surface area contributed by atoms with E-state index in [4.69, 9.17) is 0 Å². The number of ether oxygens (including phenoxy) is 1. The summed E-state index contributed by atoms with van der Waals surface area (Å²) in [5.74, 6) is -0.628. The topological polar surface area (TPSA) is 116 Å². The predicted octanol–water partition coefficient (Wildman–Crippen LogP) is 3.36. The lowest BCUT2D eigenvalue weighted by Crippen LogP contribution is -2.39. The zero-order valence-electron chi connectivity index (χ0n) is 18.1. The van der Waals surface area contributed by atoms with Crippen molar-refractivity contribution in [2.45, 2.75) is 32.9 Å². The SMILES string of the molecule is CCc1nc([N+](=O)[O-])c(-c2ccc(C(=O)N[C@@H](C)C(=O)OC)cc2)n1Cc1ccccc1. The highest BCUT2D eigenvalue weighted by Gasteiger charge is 2.28. The summed E-state index contributed by atoms with van der Waals surface area (Å²) >= 11 is 0. The molecule has 0 saturated carbocycles. The largest absolute Gasteiger partial charge is 0.467 e. The molecule has 0 aliphatic rings. The van der Waals surface area contributed by atoms with E-state index in [9.17, 15) is 19.7 Å². The third-order valence-corrected chi connectivity index (χ3v) is 5.02. The Kier molecular flexibility index (Phi) is 6.99. The van der Waals surface area contributed by atoms with Crippen molar-refractivity contribution in [3.05, 3.63) is 81.7 Å². The van der Waals surface area contributed by atoms with Crippen LogP contribution in [0.2, 0.25) is 0 Å². The molecule has 0 spiro atoms. The molecule has 1 aromatic heterocycles. The van der Waals surface area contributed by atoms with E-state index < -0.39 is 22.8 Å². The van der Waals surface area contributed by atoms with Crippen molar-refractivity contribution in [3.63, 3.8) is 0 Å². The fourth-order valence-corrected chi connectivity index (χ4v) is 3.40. The van der Waals surface area contributed by atoms with Crippen molar-refractivity contribution < 1.29 is 19.2 Å². The van der Waals surface area contributed by atoms with Gasteiger partial charge in [0.2, 0.25) is 5.82 Å². The minimum absolute atomic E-state index is 0.228. The molecule has 3 rings (SSSR count). The number of hydrogen-bond donors (Lipinski definition) is 1. The highest BCUT2D eigenvalue weighted by atomic mass is 16.6. The molecule has 9 nitrogen and oxygen atoms in total. The van der Waals surface area contributed by atoms with Gasteiger partial charge in [0, 0.05) is 17.5 Å². The predicted molar refractivity (Wildman–Crippen MR) is 118 cm³/mol. The molecule has 32 heavy (non-hydrogen) atoms. The van der Waals surface area contributed by atoms with Gasteiger partial charge < -0.3 is 20.2 Å². The van der Waals surface area contributed by atoms with Crippen LogP contribution in [0.5, 0.6) is 0 Å². The first-order valence-electron chi connectivity index (χ1n) is 10.1. The monoisotopic (exact) mass is 436 g/mol. The van der Waals surface area contributed by atoms with E-state index in [0.717, 1.165) is 5.56 Å². The van der Waals surface area contributed by atoms with Crippen molar-refractivity contribution in [1.82, 2.24) is 14.9 Å². The smallest absolute Gasteiger partial charge is 0.390 e. The highest BCUT2D eigenvalue weighted by molar-refractivity contribution is 5.97. The molecule has 3 aromatic rings. The van der Waals surface area contributed by atoms with Crippen molar-refractivity contribution in [1.29, 1.82) is 0 Å². The van der Waals surface area contributed by atoms with Crippen LogP contribution in [0, 0.1) is 10.1 Å². The van der Waals surface area contributed by atoms with Gasteiger partial charge in [-0.15, -0.1) is 0 Å². The maximum absolute atomic E-state index is 12.4. The first-order chi connectivity index (χ1) is 15.3. The Morgan fingerprint density at radius 1 is 1.16 bits per heavy atom. The summed E-state index contributed by atoms with van der Waals surface area (Å²) in [4.78, 5) is 39.4. The number of amides is 1. The Morgan fingerprint density at radius 2 is 1.81 bits per heavy atom. The van der Waals surface area contributed by atoms with Crippen molar-refractivity contribution in [2.75, 3.05) is 7.11 Å². The van der Waals surface area contributed by atoms with Gasteiger partial charge in [0.25, 0.3) is 5.91 Å². The second kappa shape index (κ2) is 9.86. The van der Waals surface area contributed by atoms with Gasteiger partial charge >= 0.3 is 11.8 Å². The molecular weight excluding hydrogens is 412 g/mol. The van der Waals surface area contributed by atoms with E-state index in [1.807, 2.05) is 41.8 Å². The summed E-state index contributed by atoms with van der Waals surface area (Å²) in [5, 5.41) is 14.3. The molecule has 0 fully saturated rings. The van der Waals surface area contributed by atoms with E-state index in [2.05, 4.69) is 15.0 Å². The summed E-state index contributed by atoms with van der Waals surface area (Å²) in [6, 6.07) is 15.2. The lowest BCUT2D eigenvalue weighted by atomic mass is 10.1. The third-order valence-electron chi connectivity index (χ3n) is 5.02. The number of benzene rings is 2. The molecule has 0 aliphatic heterocycles. The third kappa shape index (κ3) is 4.83. The van der Waals surface area contributed by atoms with E-state index >= 15 is 0 Å². The van der Waals surface area contributed by atoms with Crippen molar-refractivity contribution in [3.8, 4) is 11.3 Å². The number of aromatic nitrogens is 2. The Hall–Kier alpha value is -4.01. The molecular formula is C23H24N4O5. The maximum Gasteiger partial charge on any atom is 0.390 e. The average molecular weight is 436 g/mol. The van der Waals surface area contributed by atoms with Crippen LogP contribution in [-0.2, 0) is 22.5 Å². The molecule has 1 amide bonds. The second-order valence-electron chi connectivity index (χ2n) is 7.18. The summed E-state index contributed by atoms with van der Waals surface area (Å²) in [6.07, 6.45) is 0.527. The average Bonchev–Trinajstić information content (AvgIpc) is 3.17. The minimum Gasteiger partial charge on any atom is -0.467 e.